The number of carbonyl (C=O) groups excluding carboxylic acids is 1. The van der Waals surface area contributed by atoms with Crippen LogP contribution >= 0.6 is 11.6 Å². The van der Waals surface area contributed by atoms with Crippen molar-refractivity contribution in [2.45, 2.75) is 49.8 Å². The Balaban J connectivity index is 1.38. The van der Waals surface area contributed by atoms with Crippen LogP contribution in [-0.2, 0) is 4.79 Å². The predicted octanol–water partition coefficient (Wildman–Crippen LogP) is 4.05. The van der Waals surface area contributed by atoms with Gasteiger partial charge in [0, 0.05) is 25.8 Å². The molecule has 0 radical (unpaired) electrons. The van der Waals surface area contributed by atoms with Gasteiger partial charge in [0.05, 0.1) is 41.5 Å². The number of benzene rings is 2. The molecule has 0 spiro atoms. The number of rotatable bonds is 8. The Morgan fingerprint density at radius 2 is 2.13 bits per heavy atom. The Labute approximate surface area is 226 Å². The van der Waals surface area contributed by atoms with Crippen molar-refractivity contribution in [2.24, 2.45) is 0 Å². The molecule has 1 saturated carbocycles. The lowest BCUT2D eigenvalue weighted by Gasteiger charge is -2.30. The van der Waals surface area contributed by atoms with Crippen LogP contribution < -0.4 is 20.1 Å². The van der Waals surface area contributed by atoms with E-state index in [1.807, 2.05) is 0 Å². The molecule has 1 amide bonds. The van der Waals surface area contributed by atoms with E-state index >= 15 is 0 Å². The third kappa shape index (κ3) is 5.21. The van der Waals surface area contributed by atoms with Gasteiger partial charge in [0.15, 0.2) is 17.3 Å². The number of hydrogen-bond donors (Lipinski definition) is 3. The lowest BCUT2D eigenvalue weighted by Crippen LogP contribution is -2.54. The standard InChI is InChI=1S/C27H31ClFN5O4/c1-34-13-16(10-21(34)26(36)33-27(14-35)8-3-4-9-27)38-23-11-17-20(12-22(23)37-2)30-15-31-25(17)32-19-7-5-6-18(28)24(19)29/h5-7,11-12,15-16,21,35H,3-4,8-10,13-14H2,1-2H3,(H,33,36)(H,30,31,32)/t16-,21-/m0/s1/i1D. The number of likely N-dealkylation sites (tertiary alicyclic amines) is 1. The maximum absolute atomic E-state index is 14.6. The van der Waals surface area contributed by atoms with Gasteiger partial charge in [0.25, 0.3) is 0 Å². The predicted molar refractivity (Wildman–Crippen MR) is 143 cm³/mol. The van der Waals surface area contributed by atoms with Crippen molar-refractivity contribution in [1.29, 1.82) is 0 Å². The molecule has 2 aliphatic rings. The number of likely N-dealkylation sites (N-methyl/N-ethyl adjacent to an activating group) is 1. The monoisotopic (exact) mass is 544 g/mol. The van der Waals surface area contributed by atoms with Crippen LogP contribution in [0.2, 0.25) is 5.02 Å². The van der Waals surface area contributed by atoms with Crippen LogP contribution in [0.4, 0.5) is 15.9 Å². The van der Waals surface area contributed by atoms with E-state index in [1.54, 1.807) is 29.2 Å². The number of halogens is 2. The highest BCUT2D eigenvalue weighted by atomic mass is 35.5. The molecular weight excluding hydrogens is 513 g/mol. The third-order valence-corrected chi connectivity index (χ3v) is 7.63. The molecule has 9 nitrogen and oxygen atoms in total. The molecule has 1 aliphatic carbocycles. The number of hydrogen-bond acceptors (Lipinski definition) is 8. The normalized spacial score (nSPS) is 21.3. The number of fused-ring (bicyclic) bond motifs is 1. The van der Waals surface area contributed by atoms with Crippen LogP contribution in [0.3, 0.4) is 0 Å². The molecule has 5 rings (SSSR count). The second kappa shape index (κ2) is 10.9. The number of carbonyl (C=O) groups is 1. The number of nitrogens with one attached hydrogen (secondary N) is 2. The summed E-state index contributed by atoms with van der Waals surface area (Å²) in [6.45, 7) is 0.275. The quantitative estimate of drug-likeness (QED) is 0.390. The number of nitrogens with zero attached hydrogens (tertiary/aromatic N) is 3. The molecule has 3 N–H and O–H groups in total. The van der Waals surface area contributed by atoms with Crippen LogP contribution in [-0.4, -0.2) is 70.9 Å². The van der Waals surface area contributed by atoms with Gasteiger partial charge in [0.1, 0.15) is 18.2 Å². The second-order valence-corrected chi connectivity index (χ2v) is 10.3. The number of ether oxygens (including phenoxy) is 2. The molecule has 1 saturated heterocycles. The highest BCUT2D eigenvalue weighted by Gasteiger charge is 2.41. The van der Waals surface area contributed by atoms with Gasteiger partial charge in [-0.25, -0.2) is 14.4 Å². The fourth-order valence-electron chi connectivity index (χ4n) is 5.26. The average Bonchev–Trinajstić information content (AvgIpc) is 3.58. The van der Waals surface area contributed by atoms with E-state index < -0.39 is 23.5 Å². The zero-order valence-corrected chi connectivity index (χ0v) is 21.8. The van der Waals surface area contributed by atoms with E-state index in [-0.39, 0.29) is 30.2 Å². The summed E-state index contributed by atoms with van der Waals surface area (Å²) in [6, 6.07) is 7.53. The van der Waals surface area contributed by atoms with Gasteiger partial charge in [-0.2, -0.15) is 0 Å². The van der Waals surface area contributed by atoms with Crippen LogP contribution in [0.15, 0.2) is 36.7 Å². The first kappa shape index (κ1) is 25.1. The molecule has 11 heteroatoms. The summed E-state index contributed by atoms with van der Waals surface area (Å²) >= 11 is 5.94. The van der Waals surface area contributed by atoms with Crippen molar-refractivity contribution < 1.29 is 25.1 Å². The molecule has 0 bridgehead atoms. The van der Waals surface area contributed by atoms with E-state index in [0.717, 1.165) is 25.7 Å². The first-order chi connectivity index (χ1) is 18.9. The van der Waals surface area contributed by atoms with Gasteiger partial charge in [0.2, 0.25) is 5.91 Å². The summed E-state index contributed by atoms with van der Waals surface area (Å²) in [4.78, 5) is 23.6. The number of amides is 1. The van der Waals surface area contributed by atoms with Crippen molar-refractivity contribution in [3.05, 3.63) is 47.5 Å². The number of anilines is 2. The number of aliphatic hydroxyl groups excluding tert-OH is 1. The maximum atomic E-state index is 14.6. The second-order valence-electron chi connectivity index (χ2n) is 9.87. The van der Waals surface area contributed by atoms with E-state index in [4.69, 9.17) is 22.4 Å². The van der Waals surface area contributed by atoms with Crippen molar-refractivity contribution in [2.75, 3.05) is 32.6 Å². The van der Waals surface area contributed by atoms with Crippen molar-refractivity contribution >= 4 is 39.9 Å². The molecule has 2 atom stereocenters. The fraction of sp³-hybridized carbons (Fsp3) is 0.444. The summed E-state index contributed by atoms with van der Waals surface area (Å²) in [5, 5.41) is 16.5. The van der Waals surface area contributed by atoms with E-state index in [9.17, 15) is 14.3 Å². The van der Waals surface area contributed by atoms with E-state index in [2.05, 4.69) is 20.6 Å². The number of aromatic nitrogens is 2. The Morgan fingerprint density at radius 1 is 1.32 bits per heavy atom. The van der Waals surface area contributed by atoms with Gasteiger partial charge >= 0.3 is 0 Å². The first-order valence-corrected chi connectivity index (χ1v) is 12.9. The SMILES string of the molecule is [2H]CN1C[C@@H](Oc2cc3c(Nc4cccc(Cl)c4F)ncnc3cc2OC)C[C@H]1C(=O)NC1(CO)CCCC1. The smallest absolute Gasteiger partial charge is 0.238 e. The molecule has 0 unspecified atom stereocenters. The van der Waals surface area contributed by atoms with Gasteiger partial charge in [-0.05, 0) is 38.1 Å². The molecule has 38 heavy (non-hydrogen) atoms. The Hall–Kier alpha value is -3.21. The largest absolute Gasteiger partial charge is 0.493 e. The van der Waals surface area contributed by atoms with Crippen LogP contribution in [0.25, 0.3) is 10.9 Å². The zero-order valence-electron chi connectivity index (χ0n) is 22.0. The number of methoxy groups -OCH3 is 1. The maximum Gasteiger partial charge on any atom is 0.238 e. The molecule has 1 aromatic heterocycles. The summed E-state index contributed by atoms with van der Waals surface area (Å²) in [6.07, 6.45) is 4.76. The zero-order chi connectivity index (χ0) is 27.6. The van der Waals surface area contributed by atoms with Crippen LogP contribution in [0, 0.1) is 5.82 Å². The van der Waals surface area contributed by atoms with Crippen molar-refractivity contribution in [1.82, 2.24) is 20.2 Å². The van der Waals surface area contributed by atoms with E-state index in [1.165, 1.54) is 19.5 Å². The van der Waals surface area contributed by atoms with Gasteiger partial charge in [-0.1, -0.05) is 30.5 Å². The summed E-state index contributed by atoms with van der Waals surface area (Å²) < 4.78 is 34.4. The van der Waals surface area contributed by atoms with Gasteiger partial charge in [-0.3, -0.25) is 9.69 Å². The molecule has 2 heterocycles. The Bertz CT molecular complexity index is 1360. The molecule has 202 valence electrons. The first-order valence-electron chi connectivity index (χ1n) is 13.2. The summed E-state index contributed by atoms with van der Waals surface area (Å²) in [5.41, 5.74) is 0.137. The van der Waals surface area contributed by atoms with E-state index in [0.29, 0.717) is 41.2 Å². The fourth-order valence-corrected chi connectivity index (χ4v) is 5.44. The molecule has 1 aliphatic heterocycles. The molecule has 2 aromatic carbocycles. The lowest BCUT2D eigenvalue weighted by molar-refractivity contribution is -0.127. The summed E-state index contributed by atoms with van der Waals surface area (Å²) in [7, 11) is 1.46. The third-order valence-electron chi connectivity index (χ3n) is 7.34. The topological polar surface area (TPSA) is 109 Å². The molecule has 3 aromatic rings. The van der Waals surface area contributed by atoms with Gasteiger partial charge in [-0.15, -0.1) is 0 Å². The molecular formula is C27H31ClFN5O4. The van der Waals surface area contributed by atoms with Crippen molar-refractivity contribution in [3.63, 3.8) is 0 Å². The Morgan fingerprint density at radius 3 is 2.87 bits per heavy atom. The minimum atomic E-state index is -0.595. The summed E-state index contributed by atoms with van der Waals surface area (Å²) in [5.74, 6) is 0.418. The average molecular weight is 545 g/mol. The minimum Gasteiger partial charge on any atom is -0.493 e. The minimum absolute atomic E-state index is 0.0133. The highest BCUT2D eigenvalue weighted by molar-refractivity contribution is 6.31. The Kier molecular flexibility index (Phi) is 7.18. The lowest BCUT2D eigenvalue weighted by atomic mass is 9.98. The van der Waals surface area contributed by atoms with Crippen molar-refractivity contribution in [3.8, 4) is 11.5 Å². The van der Waals surface area contributed by atoms with Gasteiger partial charge < -0.3 is 25.2 Å². The van der Waals surface area contributed by atoms with Crippen LogP contribution in [0.1, 0.15) is 33.5 Å². The highest BCUT2D eigenvalue weighted by Crippen LogP contribution is 2.37. The molecule has 2 fully saturated rings. The van der Waals surface area contributed by atoms with Crippen LogP contribution in [0.5, 0.6) is 11.5 Å². The number of aliphatic hydroxyl groups is 1.